The maximum absolute atomic E-state index is 13.2. The number of hydrogen-bond acceptors (Lipinski definition) is 5. The number of halogens is 1. The van der Waals surface area contributed by atoms with Crippen molar-refractivity contribution >= 4 is 11.7 Å². The van der Waals surface area contributed by atoms with Crippen LogP contribution in [0, 0.1) is 11.7 Å². The molecule has 31 heavy (non-hydrogen) atoms. The molecule has 7 heteroatoms. The highest BCUT2D eigenvalue weighted by atomic mass is 19.1. The molecule has 160 valence electrons. The second-order valence-corrected chi connectivity index (χ2v) is 7.60. The van der Waals surface area contributed by atoms with E-state index in [1.807, 2.05) is 30.3 Å². The van der Waals surface area contributed by atoms with Crippen LogP contribution in [0.15, 0.2) is 60.8 Å². The summed E-state index contributed by atoms with van der Waals surface area (Å²) in [4.78, 5) is 23.8. The zero-order chi connectivity index (χ0) is 21.6. The molecule has 4 rings (SSSR count). The maximum Gasteiger partial charge on any atom is 0.225 e. The fourth-order valence-corrected chi connectivity index (χ4v) is 3.74. The van der Waals surface area contributed by atoms with E-state index in [-0.39, 0.29) is 17.6 Å². The third kappa shape index (κ3) is 5.17. The summed E-state index contributed by atoms with van der Waals surface area (Å²) in [6.07, 6.45) is 3.46. The minimum atomic E-state index is -0.292. The lowest BCUT2D eigenvalue weighted by Gasteiger charge is -2.33. The standard InChI is InChI=1S/C24H25FN4O2/c1-31-21-10-4-17(5-11-21)15-27-24(30)19-3-2-14-29(16-19)22-12-13-26-23(28-22)18-6-8-20(25)9-7-18/h4-13,19H,2-3,14-16H2,1H3,(H,27,30)/t19-/m1/s1. The molecule has 0 radical (unpaired) electrons. The van der Waals surface area contributed by atoms with Gasteiger partial charge in [-0.1, -0.05) is 12.1 Å². The van der Waals surface area contributed by atoms with Crippen molar-refractivity contribution in [3.8, 4) is 17.1 Å². The Morgan fingerprint density at radius 1 is 1.16 bits per heavy atom. The Morgan fingerprint density at radius 2 is 1.94 bits per heavy atom. The highest BCUT2D eigenvalue weighted by Crippen LogP contribution is 2.24. The Bertz CT molecular complexity index is 1020. The predicted molar refractivity (Wildman–Crippen MR) is 117 cm³/mol. The zero-order valence-corrected chi connectivity index (χ0v) is 17.4. The van der Waals surface area contributed by atoms with Crippen molar-refractivity contribution in [3.63, 3.8) is 0 Å². The quantitative estimate of drug-likeness (QED) is 0.657. The number of carbonyl (C=O) groups excluding carboxylic acids is 1. The van der Waals surface area contributed by atoms with E-state index in [1.165, 1.54) is 12.1 Å². The number of carbonyl (C=O) groups is 1. The number of ether oxygens (including phenoxy) is 1. The number of piperidine rings is 1. The normalized spacial score (nSPS) is 16.1. The van der Waals surface area contributed by atoms with E-state index in [0.717, 1.165) is 42.1 Å². The predicted octanol–water partition coefficient (Wildman–Crippen LogP) is 3.82. The Morgan fingerprint density at radius 3 is 2.68 bits per heavy atom. The first-order valence-corrected chi connectivity index (χ1v) is 10.4. The molecular formula is C24H25FN4O2. The first kappa shape index (κ1) is 20.8. The fraction of sp³-hybridized carbons (Fsp3) is 0.292. The third-order valence-electron chi connectivity index (χ3n) is 5.49. The van der Waals surface area contributed by atoms with E-state index in [9.17, 15) is 9.18 Å². The Kier molecular flexibility index (Phi) is 6.40. The van der Waals surface area contributed by atoms with E-state index in [2.05, 4.69) is 20.2 Å². The van der Waals surface area contributed by atoms with Gasteiger partial charge in [-0.3, -0.25) is 4.79 Å². The SMILES string of the molecule is COc1ccc(CNC(=O)[C@@H]2CCCN(c3ccnc(-c4ccc(F)cc4)n3)C2)cc1. The molecule has 1 aliphatic heterocycles. The number of nitrogens with one attached hydrogen (secondary N) is 1. The summed E-state index contributed by atoms with van der Waals surface area (Å²) in [5.41, 5.74) is 1.79. The zero-order valence-electron chi connectivity index (χ0n) is 17.4. The van der Waals surface area contributed by atoms with Crippen LogP contribution >= 0.6 is 0 Å². The van der Waals surface area contributed by atoms with Gasteiger partial charge in [0.15, 0.2) is 5.82 Å². The molecule has 0 aliphatic carbocycles. The number of aromatic nitrogens is 2. The Hall–Kier alpha value is -3.48. The van der Waals surface area contributed by atoms with Crippen LogP contribution < -0.4 is 15.0 Å². The van der Waals surface area contributed by atoms with Gasteiger partial charge < -0.3 is 15.0 Å². The van der Waals surface area contributed by atoms with Gasteiger partial charge in [-0.15, -0.1) is 0 Å². The summed E-state index contributed by atoms with van der Waals surface area (Å²) in [6.45, 7) is 1.93. The molecule has 1 fully saturated rings. The molecule has 0 spiro atoms. The van der Waals surface area contributed by atoms with Crippen LogP contribution in [0.5, 0.6) is 5.75 Å². The van der Waals surface area contributed by atoms with Gasteiger partial charge in [0.05, 0.1) is 13.0 Å². The number of benzene rings is 2. The van der Waals surface area contributed by atoms with Crippen LogP contribution in [0.4, 0.5) is 10.2 Å². The lowest BCUT2D eigenvalue weighted by atomic mass is 9.97. The molecule has 1 amide bonds. The molecule has 1 saturated heterocycles. The Labute approximate surface area is 181 Å². The van der Waals surface area contributed by atoms with Crippen molar-refractivity contribution < 1.29 is 13.9 Å². The molecule has 1 N–H and O–H groups in total. The van der Waals surface area contributed by atoms with E-state index < -0.39 is 0 Å². The minimum Gasteiger partial charge on any atom is -0.497 e. The first-order valence-electron chi connectivity index (χ1n) is 10.4. The number of anilines is 1. The molecule has 3 aromatic rings. The van der Waals surface area contributed by atoms with Crippen LogP contribution in [-0.4, -0.2) is 36.1 Å². The topological polar surface area (TPSA) is 67.3 Å². The van der Waals surface area contributed by atoms with Crippen LogP contribution in [0.3, 0.4) is 0 Å². The average Bonchev–Trinajstić information content (AvgIpc) is 2.83. The molecular weight excluding hydrogens is 395 g/mol. The van der Waals surface area contributed by atoms with Gasteiger partial charge in [0.2, 0.25) is 5.91 Å². The second-order valence-electron chi connectivity index (χ2n) is 7.60. The van der Waals surface area contributed by atoms with Crippen molar-refractivity contribution in [2.45, 2.75) is 19.4 Å². The molecule has 0 bridgehead atoms. The molecule has 2 heterocycles. The van der Waals surface area contributed by atoms with Gasteiger partial charge in [0.25, 0.3) is 0 Å². The summed E-state index contributed by atoms with van der Waals surface area (Å²) in [5, 5.41) is 3.05. The smallest absolute Gasteiger partial charge is 0.225 e. The van der Waals surface area contributed by atoms with Crippen LogP contribution in [-0.2, 0) is 11.3 Å². The molecule has 1 atom stereocenters. The number of methoxy groups -OCH3 is 1. The minimum absolute atomic E-state index is 0.0494. The van der Waals surface area contributed by atoms with Crippen molar-refractivity contribution in [2.24, 2.45) is 5.92 Å². The van der Waals surface area contributed by atoms with E-state index in [1.54, 1.807) is 25.4 Å². The van der Waals surface area contributed by atoms with Gasteiger partial charge in [0, 0.05) is 31.4 Å². The fourth-order valence-electron chi connectivity index (χ4n) is 3.74. The number of rotatable bonds is 6. The van der Waals surface area contributed by atoms with Gasteiger partial charge in [-0.25, -0.2) is 14.4 Å². The van der Waals surface area contributed by atoms with E-state index in [4.69, 9.17) is 4.74 Å². The van der Waals surface area contributed by atoms with Crippen LogP contribution in [0.2, 0.25) is 0 Å². The summed E-state index contributed by atoms with van der Waals surface area (Å²) >= 11 is 0. The monoisotopic (exact) mass is 420 g/mol. The molecule has 0 saturated carbocycles. The van der Waals surface area contributed by atoms with E-state index >= 15 is 0 Å². The summed E-state index contributed by atoms with van der Waals surface area (Å²) < 4.78 is 18.4. The molecule has 1 aliphatic rings. The van der Waals surface area contributed by atoms with Crippen LogP contribution in [0.1, 0.15) is 18.4 Å². The largest absolute Gasteiger partial charge is 0.497 e. The number of hydrogen-bond donors (Lipinski definition) is 1. The molecule has 1 aromatic heterocycles. The number of nitrogens with zero attached hydrogens (tertiary/aromatic N) is 3. The highest BCUT2D eigenvalue weighted by molar-refractivity contribution is 5.79. The second kappa shape index (κ2) is 9.55. The molecule has 0 unspecified atom stereocenters. The van der Waals surface area contributed by atoms with Gasteiger partial charge in [0.1, 0.15) is 17.4 Å². The summed E-state index contributed by atoms with van der Waals surface area (Å²) in [6, 6.07) is 15.7. The lowest BCUT2D eigenvalue weighted by Crippen LogP contribution is -2.43. The lowest BCUT2D eigenvalue weighted by molar-refractivity contribution is -0.125. The summed E-state index contributed by atoms with van der Waals surface area (Å²) in [5.74, 6) is 1.78. The van der Waals surface area contributed by atoms with Crippen LogP contribution in [0.25, 0.3) is 11.4 Å². The highest BCUT2D eigenvalue weighted by Gasteiger charge is 2.26. The first-order chi connectivity index (χ1) is 15.1. The van der Waals surface area contributed by atoms with Gasteiger partial charge in [-0.2, -0.15) is 0 Å². The van der Waals surface area contributed by atoms with Crippen molar-refractivity contribution in [1.29, 1.82) is 0 Å². The Balaban J connectivity index is 1.39. The van der Waals surface area contributed by atoms with E-state index in [0.29, 0.717) is 18.9 Å². The number of amides is 1. The third-order valence-corrected chi connectivity index (χ3v) is 5.49. The molecule has 2 aromatic carbocycles. The van der Waals surface area contributed by atoms with Crippen molar-refractivity contribution in [3.05, 3.63) is 72.2 Å². The van der Waals surface area contributed by atoms with Gasteiger partial charge in [-0.05, 0) is 60.9 Å². The summed E-state index contributed by atoms with van der Waals surface area (Å²) in [7, 11) is 1.63. The van der Waals surface area contributed by atoms with Crippen molar-refractivity contribution in [2.75, 3.05) is 25.1 Å². The van der Waals surface area contributed by atoms with Crippen molar-refractivity contribution in [1.82, 2.24) is 15.3 Å². The van der Waals surface area contributed by atoms with Gasteiger partial charge >= 0.3 is 0 Å². The molecule has 6 nitrogen and oxygen atoms in total. The average molecular weight is 420 g/mol. The maximum atomic E-state index is 13.2.